The lowest BCUT2D eigenvalue weighted by molar-refractivity contribution is 0.158. The molecule has 1 fully saturated rings. The summed E-state index contributed by atoms with van der Waals surface area (Å²) in [6, 6.07) is 10.9. The molecule has 3 heterocycles. The predicted octanol–water partition coefficient (Wildman–Crippen LogP) is 5.49. The Morgan fingerprint density at radius 2 is 2.03 bits per heavy atom. The van der Waals surface area contributed by atoms with Gasteiger partial charge < -0.3 is 19.4 Å². The van der Waals surface area contributed by atoms with E-state index in [1.807, 2.05) is 33.2 Å². The van der Waals surface area contributed by atoms with Crippen molar-refractivity contribution in [2.24, 2.45) is 0 Å². The van der Waals surface area contributed by atoms with E-state index in [9.17, 15) is 4.79 Å². The highest BCUT2D eigenvalue weighted by Crippen LogP contribution is 2.25. The summed E-state index contributed by atoms with van der Waals surface area (Å²) in [5, 5.41) is 3.35. The van der Waals surface area contributed by atoms with Crippen LogP contribution in [0.1, 0.15) is 58.4 Å². The van der Waals surface area contributed by atoms with Crippen molar-refractivity contribution >= 4 is 5.52 Å². The Morgan fingerprint density at radius 3 is 2.78 bits per heavy atom. The number of fused-ring (bicyclic) bond motifs is 1. The molecule has 0 saturated carbocycles. The first-order valence-corrected chi connectivity index (χ1v) is 13.4. The summed E-state index contributed by atoms with van der Waals surface area (Å²) < 4.78 is 9.27. The minimum atomic E-state index is -0.00424. The molecule has 1 aromatic carbocycles. The van der Waals surface area contributed by atoms with E-state index in [2.05, 4.69) is 56.0 Å². The van der Waals surface area contributed by atoms with Crippen LogP contribution in [0.5, 0.6) is 5.75 Å². The van der Waals surface area contributed by atoms with Crippen molar-refractivity contribution in [3.63, 3.8) is 0 Å². The van der Waals surface area contributed by atoms with Crippen LogP contribution >= 0.6 is 0 Å². The fraction of sp³-hybridized carbons (Fsp3) is 0.500. The maximum atomic E-state index is 13.7. The molecule has 0 unspecified atom stereocenters. The van der Waals surface area contributed by atoms with Crippen LogP contribution in [-0.4, -0.2) is 46.2 Å². The van der Waals surface area contributed by atoms with Crippen molar-refractivity contribution in [1.29, 1.82) is 0 Å². The summed E-state index contributed by atoms with van der Waals surface area (Å²) in [6.07, 6.45) is 11.5. The monoisotopic (exact) mass is 490 g/mol. The van der Waals surface area contributed by atoms with Gasteiger partial charge >= 0.3 is 0 Å². The Labute approximate surface area is 215 Å². The number of benzene rings is 1. The molecule has 0 spiro atoms. The second-order valence-electron chi connectivity index (χ2n) is 10.5. The molecular formula is C30H42N4O2. The number of aryl methyl sites for hydroxylation is 1. The average molecular weight is 491 g/mol. The zero-order valence-electron chi connectivity index (χ0n) is 22.4. The average Bonchev–Trinajstić information content (AvgIpc) is 3.27. The summed E-state index contributed by atoms with van der Waals surface area (Å²) in [4.78, 5) is 16.4. The minimum Gasteiger partial charge on any atom is -0.497 e. The minimum absolute atomic E-state index is 0.00424. The lowest BCUT2D eigenvalue weighted by Crippen LogP contribution is -2.37. The number of piperidine rings is 1. The highest BCUT2D eigenvalue weighted by atomic mass is 16.5. The third-order valence-electron chi connectivity index (χ3n) is 7.23. The van der Waals surface area contributed by atoms with Crippen LogP contribution in [0, 0.1) is 0 Å². The second-order valence-corrected chi connectivity index (χ2v) is 10.5. The van der Waals surface area contributed by atoms with Gasteiger partial charge in [0, 0.05) is 35.7 Å². The number of nitrogens with zero attached hydrogens (tertiary/aromatic N) is 3. The van der Waals surface area contributed by atoms with Gasteiger partial charge in [0.2, 0.25) is 0 Å². The molecule has 0 amide bonds. The van der Waals surface area contributed by atoms with E-state index in [-0.39, 0.29) is 11.6 Å². The van der Waals surface area contributed by atoms with Crippen molar-refractivity contribution in [2.45, 2.75) is 77.9 Å². The van der Waals surface area contributed by atoms with Crippen molar-refractivity contribution in [1.82, 2.24) is 19.2 Å². The van der Waals surface area contributed by atoms with E-state index in [1.165, 1.54) is 44.3 Å². The molecule has 36 heavy (non-hydrogen) atoms. The number of ether oxygens (including phenoxy) is 1. The first-order chi connectivity index (χ1) is 17.4. The van der Waals surface area contributed by atoms with Gasteiger partial charge in [-0.25, -0.2) is 0 Å². The first kappa shape index (κ1) is 26.1. The lowest BCUT2D eigenvalue weighted by Gasteiger charge is -2.33. The van der Waals surface area contributed by atoms with E-state index >= 15 is 0 Å². The van der Waals surface area contributed by atoms with Crippen molar-refractivity contribution in [3.05, 3.63) is 70.9 Å². The fourth-order valence-electron chi connectivity index (χ4n) is 5.35. The quantitative estimate of drug-likeness (QED) is 0.361. The number of likely N-dealkylation sites (tertiary alicyclic amines) is 1. The largest absolute Gasteiger partial charge is 0.497 e. The van der Waals surface area contributed by atoms with Gasteiger partial charge in [0.05, 0.1) is 19.3 Å². The number of rotatable bonds is 11. The summed E-state index contributed by atoms with van der Waals surface area (Å²) in [7, 11) is 1.66. The maximum absolute atomic E-state index is 13.7. The molecule has 0 radical (unpaired) electrons. The van der Waals surface area contributed by atoms with E-state index in [0.29, 0.717) is 18.1 Å². The normalized spacial score (nSPS) is 16.5. The smallest absolute Gasteiger partial charge is 0.275 e. The van der Waals surface area contributed by atoms with Crippen molar-refractivity contribution in [2.75, 3.05) is 20.2 Å². The molecule has 1 saturated heterocycles. The van der Waals surface area contributed by atoms with Crippen LogP contribution in [-0.2, 0) is 13.0 Å². The third kappa shape index (κ3) is 6.22. The molecule has 1 aliphatic rings. The maximum Gasteiger partial charge on any atom is 0.275 e. The van der Waals surface area contributed by atoms with Crippen LogP contribution in [0.3, 0.4) is 0 Å². The van der Waals surface area contributed by atoms with Crippen LogP contribution in [0.15, 0.2) is 59.8 Å². The number of nitrogens with one attached hydrogen (secondary N) is 1. The second kappa shape index (κ2) is 11.8. The Bertz CT molecular complexity index is 1240. The van der Waals surface area contributed by atoms with Gasteiger partial charge in [-0.1, -0.05) is 25.1 Å². The molecule has 4 rings (SSSR count). The fourth-order valence-corrected chi connectivity index (χ4v) is 5.35. The third-order valence-corrected chi connectivity index (χ3v) is 7.23. The van der Waals surface area contributed by atoms with Crippen LogP contribution in [0.25, 0.3) is 16.8 Å². The van der Waals surface area contributed by atoms with Crippen molar-refractivity contribution < 1.29 is 4.74 Å². The lowest BCUT2D eigenvalue weighted by atomic mass is 10.0. The number of allylic oxidation sites excluding steroid dienone is 1. The van der Waals surface area contributed by atoms with E-state index < -0.39 is 0 Å². The number of methoxy groups -OCH3 is 1. The topological polar surface area (TPSA) is 50.9 Å². The molecule has 3 aromatic rings. The summed E-state index contributed by atoms with van der Waals surface area (Å²) in [5.74, 6) is 0.766. The molecule has 1 N–H and O–H groups in total. The first-order valence-electron chi connectivity index (χ1n) is 13.4. The molecule has 1 atom stereocenters. The predicted molar refractivity (Wildman–Crippen MR) is 149 cm³/mol. The Kier molecular flexibility index (Phi) is 8.57. The Hall–Kier alpha value is -2.99. The zero-order valence-corrected chi connectivity index (χ0v) is 22.4. The molecule has 6 nitrogen and oxygen atoms in total. The van der Waals surface area contributed by atoms with Gasteiger partial charge in [-0.05, 0) is 89.7 Å². The van der Waals surface area contributed by atoms with Gasteiger partial charge in [0.25, 0.3) is 5.56 Å². The van der Waals surface area contributed by atoms with E-state index in [4.69, 9.17) is 4.74 Å². The Balaban J connectivity index is 1.58. The number of hydrogen-bond donors (Lipinski definition) is 1. The van der Waals surface area contributed by atoms with E-state index in [0.717, 1.165) is 35.5 Å². The summed E-state index contributed by atoms with van der Waals surface area (Å²) in [5.41, 5.74) is 4.52. The van der Waals surface area contributed by atoms with Crippen LogP contribution < -0.4 is 15.6 Å². The standard InChI is InChI=1S/C30H42N4O2/c1-22(2)31-23(3)19-34-29(26-13-10-14-27(18-26)36-5)21-33-20-25(17-28(33)30(34)35)12-7-9-16-32-15-8-6-11-24(32)4/h10,13-14,17-18,20-22,24,31H,3,6-9,11-12,15-16,19H2,1-2,4-5H3/t24-/m0/s1. The highest BCUT2D eigenvalue weighted by molar-refractivity contribution is 5.64. The molecule has 194 valence electrons. The number of unbranched alkanes of at least 4 members (excludes halogenated alkanes) is 1. The van der Waals surface area contributed by atoms with Gasteiger partial charge in [0.1, 0.15) is 11.3 Å². The Morgan fingerprint density at radius 1 is 1.19 bits per heavy atom. The van der Waals surface area contributed by atoms with Gasteiger partial charge in [-0.2, -0.15) is 0 Å². The summed E-state index contributed by atoms with van der Waals surface area (Å²) in [6.45, 7) is 13.5. The summed E-state index contributed by atoms with van der Waals surface area (Å²) >= 11 is 0. The van der Waals surface area contributed by atoms with E-state index in [1.54, 1.807) is 7.11 Å². The molecule has 6 heteroatoms. The zero-order chi connectivity index (χ0) is 25.7. The van der Waals surface area contributed by atoms with Gasteiger partial charge in [0.15, 0.2) is 0 Å². The van der Waals surface area contributed by atoms with Gasteiger partial charge in [-0.3, -0.25) is 9.36 Å². The van der Waals surface area contributed by atoms with Crippen molar-refractivity contribution in [3.8, 4) is 17.0 Å². The SMILES string of the molecule is C=C(Cn1c(-c2cccc(OC)c2)cn2cc(CCCCN3CCCC[C@@H]3C)cc2c1=O)NC(C)C. The molecule has 0 bridgehead atoms. The van der Waals surface area contributed by atoms with Crippen LogP contribution in [0.4, 0.5) is 0 Å². The molecule has 0 aliphatic carbocycles. The number of aromatic nitrogens is 2. The molecule has 1 aliphatic heterocycles. The number of hydrogen-bond acceptors (Lipinski definition) is 4. The van der Waals surface area contributed by atoms with Crippen LogP contribution in [0.2, 0.25) is 0 Å². The van der Waals surface area contributed by atoms with Gasteiger partial charge in [-0.15, -0.1) is 0 Å². The molecular weight excluding hydrogens is 448 g/mol. The molecule has 2 aromatic heterocycles. The highest BCUT2D eigenvalue weighted by Gasteiger charge is 2.18.